The Morgan fingerprint density at radius 2 is 0.950 bits per heavy atom. The first-order chi connectivity index (χ1) is 38.3. The third-order valence-electron chi connectivity index (χ3n) is 15.3. The molecule has 9 nitrogen and oxygen atoms in total. The third kappa shape index (κ3) is 8.92. The first-order valence-corrected chi connectivity index (χ1v) is 27.5. The van der Waals surface area contributed by atoms with Gasteiger partial charge in [0.05, 0.1) is 50.4 Å². The minimum Gasteiger partial charge on any atom is -0.497 e. The Morgan fingerprint density at radius 3 is 1.49 bits per heavy atom. The topological polar surface area (TPSA) is 96.9 Å². The van der Waals surface area contributed by atoms with Gasteiger partial charge in [0.25, 0.3) is 5.78 Å². The van der Waals surface area contributed by atoms with E-state index in [0.717, 1.165) is 61.3 Å². The molecule has 0 atom stereocenters. The predicted molar refractivity (Wildman–Crippen MR) is 320 cm³/mol. The molecule has 0 unspecified atom stereocenters. The maximum absolute atomic E-state index is 7.09. The Hall–Kier alpha value is -8.39. The zero-order valence-electron chi connectivity index (χ0n) is 46.5. The van der Waals surface area contributed by atoms with E-state index < -0.39 is 0 Å². The molecular formula is C70H60N6O3Pt. The Kier molecular flexibility index (Phi) is 13.5. The molecule has 0 fully saturated rings. The summed E-state index contributed by atoms with van der Waals surface area (Å²) in [5.41, 5.74) is 19.5. The van der Waals surface area contributed by atoms with Gasteiger partial charge in [-0.25, -0.2) is 9.97 Å². The summed E-state index contributed by atoms with van der Waals surface area (Å²) in [5, 5.41) is 1.48. The van der Waals surface area contributed by atoms with Crippen molar-refractivity contribution in [2.75, 3.05) is 0 Å². The van der Waals surface area contributed by atoms with E-state index in [4.69, 9.17) is 28.5 Å². The number of aromatic nitrogens is 6. The second-order valence-corrected chi connectivity index (χ2v) is 22.1. The van der Waals surface area contributed by atoms with Crippen LogP contribution in [0.5, 0.6) is 11.5 Å². The van der Waals surface area contributed by atoms with Crippen molar-refractivity contribution in [1.29, 1.82) is 0 Å². The van der Waals surface area contributed by atoms with Crippen LogP contribution in [0.1, 0.15) is 113 Å². The van der Waals surface area contributed by atoms with Gasteiger partial charge in [0.1, 0.15) is 11.3 Å². The molecule has 0 N–H and O–H groups in total. The number of rotatable bonds is 12. The first-order valence-electron chi connectivity index (χ1n) is 27.5. The van der Waals surface area contributed by atoms with Crippen LogP contribution >= 0.6 is 0 Å². The SMILES string of the molecule is Cc1nc(C)c2oc3oc4c(-c5nc6ccccc6n5-c5c(C(C)C)cc(-c6ccccc6)cc5C(C)C)[c-]c(Oc5[c-]c(-c6nc7ccccc7n6-c6c(C(C)C)cc(-c7ccccc7)cc6C(C)C)ccc5)cc4c3c2n1.[Pt+2]. The second kappa shape index (κ2) is 20.7. The molecule has 0 aliphatic carbocycles. The molecular weight excluding hydrogens is 1170 g/mol. The van der Waals surface area contributed by atoms with Crippen molar-refractivity contribution in [2.24, 2.45) is 0 Å². The Morgan fingerprint density at radius 1 is 0.463 bits per heavy atom. The summed E-state index contributed by atoms with van der Waals surface area (Å²) in [5.74, 6) is 4.06. The fourth-order valence-electron chi connectivity index (χ4n) is 11.5. The van der Waals surface area contributed by atoms with Gasteiger partial charge in [0.2, 0.25) is 0 Å². The van der Waals surface area contributed by atoms with Crippen LogP contribution < -0.4 is 4.74 Å². The van der Waals surface area contributed by atoms with E-state index in [1.54, 1.807) is 0 Å². The average molecular weight is 1230 g/mol. The van der Waals surface area contributed by atoms with E-state index in [2.05, 4.69) is 209 Å². The third-order valence-corrected chi connectivity index (χ3v) is 15.3. The molecule has 0 amide bonds. The number of furan rings is 2. The van der Waals surface area contributed by atoms with Crippen LogP contribution in [0.25, 0.3) is 112 Å². The summed E-state index contributed by atoms with van der Waals surface area (Å²) >= 11 is 0. The van der Waals surface area contributed by atoms with Gasteiger partial charge >= 0.3 is 21.1 Å². The molecule has 13 aromatic rings. The standard InChI is InChI=1S/C70H60N6O3.Pt/c1-39(2)52-33-48(45-22-13-11-14-23-45)34-53(40(3)4)64(52)75-60-30-19-17-28-58(60)73-68(75)47-26-21-27-50(32-47)77-51-37-56-62-63-66(43(9)71-44(10)72-63)78-70(62)79-67(56)57(38-51)69-74-59-29-18-20-31-61(59)76(69)65-54(41(5)6)35-49(36-55(65)42(7)8)46-24-15-12-16-25-46;/h11-31,33-37,39-42H,1-10H3;/q-2;+2. The number of hydrogen-bond acceptors (Lipinski definition) is 7. The monoisotopic (exact) mass is 1230 g/mol. The minimum atomic E-state index is 0. The molecule has 0 saturated heterocycles. The van der Waals surface area contributed by atoms with Crippen molar-refractivity contribution in [2.45, 2.75) is 92.9 Å². The molecule has 0 aliphatic rings. The maximum atomic E-state index is 7.09. The molecule has 0 saturated carbocycles. The van der Waals surface area contributed by atoms with Crippen molar-refractivity contribution in [3.8, 4) is 67.9 Å². The van der Waals surface area contributed by atoms with Crippen LogP contribution in [-0.2, 0) is 21.1 Å². The molecule has 0 radical (unpaired) electrons. The largest absolute Gasteiger partial charge is 2.00 e. The second-order valence-electron chi connectivity index (χ2n) is 22.1. The van der Waals surface area contributed by atoms with Crippen molar-refractivity contribution in [3.63, 3.8) is 0 Å². The van der Waals surface area contributed by atoms with Gasteiger partial charge in [-0.05, 0) is 136 Å². The number of aryl methyl sites for hydroxylation is 2. The average Bonchev–Trinajstić information content (AvgIpc) is 4.43. The Labute approximate surface area is 480 Å². The normalized spacial score (nSPS) is 12.0. The summed E-state index contributed by atoms with van der Waals surface area (Å²) in [6.07, 6.45) is 0. The van der Waals surface area contributed by atoms with E-state index >= 15 is 0 Å². The summed E-state index contributed by atoms with van der Waals surface area (Å²) in [7, 11) is 0. The molecule has 13 rings (SSSR count). The number of nitrogens with zero attached hydrogens (tertiary/aromatic N) is 6. The number of para-hydroxylation sites is 4. The Balaban J connectivity index is 0.00000637. The number of ether oxygens (including phenoxy) is 1. The summed E-state index contributed by atoms with van der Waals surface area (Å²) < 4.78 is 25.2. The first kappa shape index (κ1) is 52.3. The van der Waals surface area contributed by atoms with Gasteiger partial charge in [0, 0.05) is 22.9 Å². The quantitative estimate of drug-likeness (QED) is 0.112. The number of hydrogen-bond donors (Lipinski definition) is 0. The van der Waals surface area contributed by atoms with Crippen molar-refractivity contribution in [1.82, 2.24) is 29.1 Å². The van der Waals surface area contributed by atoms with Gasteiger partial charge in [0.15, 0.2) is 5.58 Å². The van der Waals surface area contributed by atoms with Gasteiger partial charge in [-0.2, -0.15) is 0 Å². The molecule has 0 spiro atoms. The predicted octanol–water partition coefficient (Wildman–Crippen LogP) is 19.0. The maximum Gasteiger partial charge on any atom is 2.00 e. The van der Waals surface area contributed by atoms with E-state index in [0.29, 0.717) is 51.2 Å². The molecule has 8 aromatic carbocycles. The van der Waals surface area contributed by atoms with Crippen molar-refractivity contribution >= 4 is 55.3 Å². The summed E-state index contributed by atoms with van der Waals surface area (Å²) in [4.78, 5) is 20.5. The molecule has 0 aliphatic heterocycles. The van der Waals surface area contributed by atoms with Crippen LogP contribution in [0.2, 0.25) is 0 Å². The van der Waals surface area contributed by atoms with Gasteiger partial charge < -0.3 is 22.7 Å². The van der Waals surface area contributed by atoms with E-state index in [9.17, 15) is 0 Å². The molecule has 5 aromatic heterocycles. The van der Waals surface area contributed by atoms with Gasteiger partial charge in [-0.1, -0.05) is 164 Å². The van der Waals surface area contributed by atoms with Crippen LogP contribution in [0.3, 0.4) is 0 Å². The minimum absolute atomic E-state index is 0. The van der Waals surface area contributed by atoms with Gasteiger partial charge in [-0.3, -0.25) is 9.97 Å². The fraction of sp³-hybridized carbons (Fsp3) is 0.200. The van der Waals surface area contributed by atoms with E-state index in [1.807, 2.05) is 44.2 Å². The summed E-state index contributed by atoms with van der Waals surface area (Å²) in [6, 6.07) is 62.8. The van der Waals surface area contributed by atoms with E-state index in [1.165, 1.54) is 44.5 Å². The smallest absolute Gasteiger partial charge is 0.497 e. The van der Waals surface area contributed by atoms with Gasteiger partial charge in [-0.15, -0.1) is 23.8 Å². The van der Waals surface area contributed by atoms with Crippen LogP contribution in [0.15, 0.2) is 167 Å². The van der Waals surface area contributed by atoms with Crippen LogP contribution in [0, 0.1) is 26.0 Å². The molecule has 10 heteroatoms. The zero-order chi connectivity index (χ0) is 54.4. The molecule has 398 valence electrons. The molecule has 80 heavy (non-hydrogen) atoms. The van der Waals surface area contributed by atoms with Crippen molar-refractivity contribution < 1.29 is 34.6 Å². The Bertz CT molecular complexity index is 4450. The molecule has 0 bridgehead atoms. The zero-order valence-corrected chi connectivity index (χ0v) is 48.8. The number of fused-ring (bicyclic) bond motifs is 7. The molecule has 5 heterocycles. The number of imidazole rings is 2. The summed E-state index contributed by atoms with van der Waals surface area (Å²) in [6.45, 7) is 22.0. The van der Waals surface area contributed by atoms with Crippen molar-refractivity contribution in [3.05, 3.63) is 204 Å². The fourth-order valence-corrected chi connectivity index (χ4v) is 11.5. The van der Waals surface area contributed by atoms with Crippen LogP contribution in [0.4, 0.5) is 0 Å². The van der Waals surface area contributed by atoms with E-state index in [-0.39, 0.29) is 44.7 Å². The van der Waals surface area contributed by atoms with Crippen LogP contribution in [-0.4, -0.2) is 29.1 Å². The number of benzene rings is 8.